The third kappa shape index (κ3) is 4.31. The van der Waals surface area contributed by atoms with Gasteiger partial charge in [0.2, 0.25) is 5.91 Å². The zero-order valence-electron chi connectivity index (χ0n) is 17.4. The molecule has 0 spiro atoms. The molecule has 2 heterocycles. The smallest absolute Gasteiger partial charge is 0.230 e. The Labute approximate surface area is 173 Å². The van der Waals surface area contributed by atoms with E-state index in [4.69, 9.17) is 0 Å². The second kappa shape index (κ2) is 8.17. The number of nitrogens with zero attached hydrogens (tertiary/aromatic N) is 2. The van der Waals surface area contributed by atoms with Crippen molar-refractivity contribution in [1.82, 2.24) is 5.32 Å². The number of hydrogen-bond donors (Lipinski definition) is 2. The maximum absolute atomic E-state index is 13.1. The van der Waals surface area contributed by atoms with E-state index in [0.29, 0.717) is 0 Å². The number of hydrogen-bond acceptors (Lipinski definition) is 4. The van der Waals surface area contributed by atoms with Crippen LogP contribution in [0.3, 0.4) is 0 Å². The number of carbonyl (C=O) groups excluding carboxylic acids is 1. The second-order valence-electron chi connectivity index (χ2n) is 8.65. The molecule has 1 amide bonds. The molecule has 4 rings (SSSR count). The van der Waals surface area contributed by atoms with E-state index in [1.165, 1.54) is 11.3 Å². The molecule has 1 unspecified atom stereocenters. The summed E-state index contributed by atoms with van der Waals surface area (Å²) in [6, 6.07) is 16.2. The van der Waals surface area contributed by atoms with Crippen molar-refractivity contribution in [1.29, 1.82) is 0 Å². The lowest BCUT2D eigenvalue weighted by atomic mass is 9.96. The van der Waals surface area contributed by atoms with Gasteiger partial charge in [-0.1, -0.05) is 30.3 Å². The first kappa shape index (κ1) is 19.9. The fourth-order valence-corrected chi connectivity index (χ4v) is 4.40. The van der Waals surface area contributed by atoms with Gasteiger partial charge in [0.25, 0.3) is 0 Å². The van der Waals surface area contributed by atoms with E-state index in [-0.39, 0.29) is 11.8 Å². The van der Waals surface area contributed by atoms with Crippen LogP contribution in [0.1, 0.15) is 31.4 Å². The zero-order valence-corrected chi connectivity index (χ0v) is 17.4. The number of para-hydroxylation sites is 1. The summed E-state index contributed by atoms with van der Waals surface area (Å²) < 4.78 is 0. The van der Waals surface area contributed by atoms with Gasteiger partial charge >= 0.3 is 0 Å². The number of nitrogens with one attached hydrogen (secondary N) is 1. The van der Waals surface area contributed by atoms with Crippen LogP contribution in [0.4, 0.5) is 11.4 Å². The van der Waals surface area contributed by atoms with Crippen molar-refractivity contribution < 1.29 is 9.90 Å². The molecule has 2 aliphatic heterocycles. The molecule has 2 aliphatic rings. The van der Waals surface area contributed by atoms with Crippen molar-refractivity contribution in [2.24, 2.45) is 5.92 Å². The zero-order chi connectivity index (χ0) is 20.4. The van der Waals surface area contributed by atoms with Crippen LogP contribution in [-0.4, -0.2) is 43.7 Å². The van der Waals surface area contributed by atoms with Gasteiger partial charge in [0.1, 0.15) is 0 Å². The molecule has 2 saturated heterocycles. The van der Waals surface area contributed by atoms with Crippen LogP contribution in [0.5, 0.6) is 0 Å². The van der Waals surface area contributed by atoms with Gasteiger partial charge in [-0.25, -0.2) is 0 Å². The van der Waals surface area contributed by atoms with Crippen LogP contribution >= 0.6 is 0 Å². The standard InChI is InChI=1S/C24H31N3O2/c1-24(2,29)20-7-9-21(10-8-20)27-14-11-19(23(27)28)17-18-5-3-4-6-22(18)26-15-12-25-13-16-26/h3-10,19,25,29H,11-17H2,1-2H3. The number of anilines is 2. The van der Waals surface area contributed by atoms with Crippen LogP contribution in [0.25, 0.3) is 0 Å². The van der Waals surface area contributed by atoms with E-state index in [0.717, 1.165) is 56.8 Å². The number of benzene rings is 2. The molecule has 1 atom stereocenters. The van der Waals surface area contributed by atoms with Crippen LogP contribution in [0.2, 0.25) is 0 Å². The highest BCUT2D eigenvalue weighted by Gasteiger charge is 2.33. The predicted octanol–water partition coefficient (Wildman–Crippen LogP) is 2.92. The third-order valence-electron chi connectivity index (χ3n) is 6.12. The molecule has 5 heteroatoms. The molecule has 0 bridgehead atoms. The Morgan fingerprint density at radius 3 is 2.41 bits per heavy atom. The summed E-state index contributed by atoms with van der Waals surface area (Å²) in [7, 11) is 0. The van der Waals surface area contributed by atoms with Gasteiger partial charge in [-0.3, -0.25) is 4.79 Å². The average molecular weight is 394 g/mol. The third-order valence-corrected chi connectivity index (χ3v) is 6.12. The van der Waals surface area contributed by atoms with Gasteiger partial charge in [-0.15, -0.1) is 0 Å². The Bertz CT molecular complexity index is 851. The van der Waals surface area contributed by atoms with Crippen LogP contribution < -0.4 is 15.1 Å². The topological polar surface area (TPSA) is 55.8 Å². The van der Waals surface area contributed by atoms with Crippen LogP contribution in [0.15, 0.2) is 48.5 Å². The monoisotopic (exact) mass is 393 g/mol. The molecule has 2 aromatic rings. The molecule has 2 aromatic carbocycles. The predicted molar refractivity (Wildman–Crippen MR) is 117 cm³/mol. The van der Waals surface area contributed by atoms with Crippen molar-refractivity contribution >= 4 is 17.3 Å². The van der Waals surface area contributed by atoms with E-state index in [1.54, 1.807) is 13.8 Å². The lowest BCUT2D eigenvalue weighted by Gasteiger charge is -2.31. The summed E-state index contributed by atoms with van der Waals surface area (Å²) in [4.78, 5) is 17.5. The van der Waals surface area contributed by atoms with Crippen LogP contribution in [0, 0.1) is 5.92 Å². The molecule has 0 saturated carbocycles. The second-order valence-corrected chi connectivity index (χ2v) is 8.65. The summed E-state index contributed by atoms with van der Waals surface area (Å²) in [5.41, 5.74) is 3.45. The molecule has 0 aromatic heterocycles. The van der Waals surface area contributed by atoms with Crippen molar-refractivity contribution in [3.05, 3.63) is 59.7 Å². The van der Waals surface area contributed by atoms with E-state index < -0.39 is 5.60 Å². The molecule has 154 valence electrons. The molecule has 29 heavy (non-hydrogen) atoms. The Morgan fingerprint density at radius 1 is 1.03 bits per heavy atom. The minimum atomic E-state index is -0.871. The van der Waals surface area contributed by atoms with Gasteiger partial charge in [0.15, 0.2) is 0 Å². The highest BCUT2D eigenvalue weighted by molar-refractivity contribution is 5.97. The SMILES string of the molecule is CC(C)(O)c1ccc(N2CCC(Cc3ccccc3N3CCNCC3)C2=O)cc1. The quantitative estimate of drug-likeness (QED) is 0.820. The molecule has 2 N–H and O–H groups in total. The average Bonchev–Trinajstić information content (AvgIpc) is 3.09. The van der Waals surface area contributed by atoms with E-state index >= 15 is 0 Å². The van der Waals surface area contributed by atoms with E-state index in [2.05, 4.69) is 34.5 Å². The van der Waals surface area contributed by atoms with Crippen LogP contribution in [-0.2, 0) is 16.8 Å². The highest BCUT2D eigenvalue weighted by Crippen LogP contribution is 2.32. The first-order valence-corrected chi connectivity index (χ1v) is 10.6. The fraction of sp³-hybridized carbons (Fsp3) is 0.458. The molecule has 5 nitrogen and oxygen atoms in total. The maximum Gasteiger partial charge on any atom is 0.230 e. The van der Waals surface area contributed by atoms with Crippen molar-refractivity contribution in [2.45, 2.75) is 32.3 Å². The Morgan fingerprint density at radius 2 is 1.72 bits per heavy atom. The number of piperazine rings is 1. The summed E-state index contributed by atoms with van der Waals surface area (Å²) in [5.74, 6) is 0.226. The maximum atomic E-state index is 13.1. The minimum Gasteiger partial charge on any atom is -0.386 e. The van der Waals surface area contributed by atoms with Gasteiger partial charge in [0.05, 0.1) is 5.60 Å². The Balaban J connectivity index is 1.47. The first-order chi connectivity index (χ1) is 13.9. The summed E-state index contributed by atoms with van der Waals surface area (Å²) in [6.07, 6.45) is 1.67. The molecule has 2 fully saturated rings. The summed E-state index contributed by atoms with van der Waals surface area (Å²) in [5, 5.41) is 13.6. The van der Waals surface area contributed by atoms with Crippen molar-refractivity contribution in [3.63, 3.8) is 0 Å². The highest BCUT2D eigenvalue weighted by atomic mass is 16.3. The van der Waals surface area contributed by atoms with E-state index in [1.807, 2.05) is 29.2 Å². The van der Waals surface area contributed by atoms with Gasteiger partial charge in [-0.05, 0) is 56.0 Å². The number of rotatable bonds is 5. The normalized spacial score (nSPS) is 20.4. The molecule has 0 aliphatic carbocycles. The van der Waals surface area contributed by atoms with Gasteiger partial charge in [0, 0.05) is 50.0 Å². The lowest BCUT2D eigenvalue weighted by Crippen LogP contribution is -2.44. The van der Waals surface area contributed by atoms with E-state index in [9.17, 15) is 9.90 Å². The van der Waals surface area contributed by atoms with Gasteiger partial charge in [-0.2, -0.15) is 0 Å². The minimum absolute atomic E-state index is 0.0213. The molecular formula is C24H31N3O2. The summed E-state index contributed by atoms with van der Waals surface area (Å²) in [6.45, 7) is 8.33. The fourth-order valence-electron chi connectivity index (χ4n) is 4.40. The Kier molecular flexibility index (Phi) is 5.61. The van der Waals surface area contributed by atoms with Crippen molar-refractivity contribution in [3.8, 4) is 0 Å². The first-order valence-electron chi connectivity index (χ1n) is 10.6. The lowest BCUT2D eigenvalue weighted by molar-refractivity contribution is -0.120. The van der Waals surface area contributed by atoms with Gasteiger partial charge < -0.3 is 20.2 Å². The molecule has 0 radical (unpaired) electrons. The Hall–Kier alpha value is -2.37. The summed E-state index contributed by atoms with van der Waals surface area (Å²) >= 11 is 0. The van der Waals surface area contributed by atoms with Crippen molar-refractivity contribution in [2.75, 3.05) is 42.5 Å². The molecular weight excluding hydrogens is 362 g/mol. The largest absolute Gasteiger partial charge is 0.386 e. The number of carbonyl (C=O) groups is 1. The number of amides is 1. The number of aliphatic hydroxyl groups is 1.